The van der Waals surface area contributed by atoms with Crippen LogP contribution in [0.2, 0.25) is 0 Å². The third-order valence-corrected chi connectivity index (χ3v) is 7.75. The highest BCUT2D eigenvalue weighted by Crippen LogP contribution is 2.32. The average Bonchev–Trinajstić information content (AvgIpc) is 3.07. The number of likely N-dealkylation sites (tertiary alicyclic amines) is 1. The Balaban J connectivity index is 1.60. The highest BCUT2D eigenvalue weighted by Gasteiger charge is 2.41. The fraction of sp³-hybridized carbons (Fsp3) is 0.556. The summed E-state index contributed by atoms with van der Waals surface area (Å²) in [6.45, 7) is 5.10. The fourth-order valence-corrected chi connectivity index (χ4v) is 5.93. The van der Waals surface area contributed by atoms with Gasteiger partial charge in [-0.3, -0.25) is 9.59 Å². The van der Waals surface area contributed by atoms with Crippen LogP contribution in [0.15, 0.2) is 23.1 Å². The van der Waals surface area contributed by atoms with Gasteiger partial charge in [0.1, 0.15) is 4.90 Å². The molecule has 0 spiro atoms. The van der Waals surface area contributed by atoms with E-state index < -0.39 is 15.9 Å². The molecule has 7 nitrogen and oxygen atoms in total. The second-order valence-corrected chi connectivity index (χ2v) is 9.06. The number of hydrogen-bond donors (Lipinski definition) is 1. The number of nitrogens with one attached hydrogen (secondary N) is 1. The lowest BCUT2D eigenvalue weighted by molar-refractivity contribution is 0.0757. The Labute approximate surface area is 153 Å². The van der Waals surface area contributed by atoms with Crippen LogP contribution in [-0.2, 0) is 10.0 Å². The van der Waals surface area contributed by atoms with Crippen molar-refractivity contribution in [2.45, 2.75) is 24.7 Å². The van der Waals surface area contributed by atoms with E-state index in [0.29, 0.717) is 30.5 Å². The number of rotatable bonds is 2. The van der Waals surface area contributed by atoms with E-state index in [0.717, 1.165) is 30.2 Å². The van der Waals surface area contributed by atoms with Crippen LogP contribution < -0.4 is 5.32 Å². The van der Waals surface area contributed by atoms with Gasteiger partial charge in [0.25, 0.3) is 21.8 Å². The molecule has 3 aliphatic rings. The molecular formula is C18H23N3O4S. The molecule has 2 fully saturated rings. The van der Waals surface area contributed by atoms with Crippen molar-refractivity contribution in [2.24, 2.45) is 11.8 Å². The maximum absolute atomic E-state index is 12.9. The number of carbonyl (C=O) groups is 2. The maximum Gasteiger partial charge on any atom is 0.268 e. The van der Waals surface area contributed by atoms with Gasteiger partial charge in [0.15, 0.2) is 0 Å². The van der Waals surface area contributed by atoms with Crippen molar-refractivity contribution in [3.63, 3.8) is 0 Å². The minimum Gasteiger partial charge on any atom is -0.339 e. The Kier molecular flexibility index (Phi) is 4.27. The van der Waals surface area contributed by atoms with Gasteiger partial charge in [-0.05, 0) is 62.9 Å². The summed E-state index contributed by atoms with van der Waals surface area (Å²) in [5.74, 6) is 0.558. The number of sulfonamides is 1. The Morgan fingerprint density at radius 1 is 1.19 bits per heavy atom. The van der Waals surface area contributed by atoms with Crippen LogP contribution in [0.5, 0.6) is 0 Å². The smallest absolute Gasteiger partial charge is 0.268 e. The van der Waals surface area contributed by atoms with Crippen molar-refractivity contribution in [1.29, 1.82) is 0 Å². The molecule has 0 bridgehead atoms. The summed E-state index contributed by atoms with van der Waals surface area (Å²) in [4.78, 5) is 26.9. The van der Waals surface area contributed by atoms with Crippen molar-refractivity contribution in [3.8, 4) is 0 Å². The zero-order chi connectivity index (χ0) is 18.5. The highest BCUT2D eigenvalue weighted by molar-refractivity contribution is 7.90. The third kappa shape index (κ3) is 2.63. The SMILES string of the molecule is CCN1C(=O)c2ccc(C(=O)N3CC[C@@H]4CNC[C@@H]4CC3)cc2S1(=O)=O. The molecule has 3 aliphatic heterocycles. The van der Waals surface area contributed by atoms with Crippen LogP contribution in [0.4, 0.5) is 0 Å². The van der Waals surface area contributed by atoms with E-state index in [2.05, 4.69) is 5.32 Å². The number of amides is 2. The fourth-order valence-electron chi connectivity index (χ4n) is 4.33. The van der Waals surface area contributed by atoms with Gasteiger partial charge >= 0.3 is 0 Å². The Bertz CT molecular complexity index is 853. The van der Waals surface area contributed by atoms with Crippen LogP contribution in [0.25, 0.3) is 0 Å². The van der Waals surface area contributed by atoms with Gasteiger partial charge in [0.2, 0.25) is 0 Å². The highest BCUT2D eigenvalue weighted by atomic mass is 32.2. The number of hydrogen-bond acceptors (Lipinski definition) is 5. The largest absolute Gasteiger partial charge is 0.339 e. The number of benzene rings is 1. The average molecular weight is 377 g/mol. The van der Waals surface area contributed by atoms with Gasteiger partial charge in [0, 0.05) is 25.2 Å². The van der Waals surface area contributed by atoms with Crippen molar-refractivity contribution >= 4 is 21.8 Å². The Morgan fingerprint density at radius 3 is 2.46 bits per heavy atom. The molecular weight excluding hydrogens is 354 g/mol. The molecule has 8 heteroatoms. The molecule has 0 aliphatic carbocycles. The molecule has 140 valence electrons. The van der Waals surface area contributed by atoms with E-state index in [1.54, 1.807) is 13.0 Å². The van der Waals surface area contributed by atoms with E-state index in [1.165, 1.54) is 12.1 Å². The van der Waals surface area contributed by atoms with E-state index >= 15 is 0 Å². The van der Waals surface area contributed by atoms with Gasteiger partial charge in [0.05, 0.1) is 5.56 Å². The first kappa shape index (κ1) is 17.5. The van der Waals surface area contributed by atoms with Gasteiger partial charge in [-0.25, -0.2) is 12.7 Å². The zero-order valence-electron chi connectivity index (χ0n) is 14.8. The molecule has 0 aromatic heterocycles. The second-order valence-electron chi connectivity index (χ2n) is 7.23. The topological polar surface area (TPSA) is 86.8 Å². The monoisotopic (exact) mass is 377 g/mol. The lowest BCUT2D eigenvalue weighted by Gasteiger charge is -2.21. The molecule has 2 saturated heterocycles. The molecule has 2 atom stereocenters. The van der Waals surface area contributed by atoms with Gasteiger partial charge < -0.3 is 10.2 Å². The number of nitrogens with zero attached hydrogens (tertiary/aromatic N) is 2. The van der Waals surface area contributed by atoms with Crippen LogP contribution >= 0.6 is 0 Å². The molecule has 2 amide bonds. The summed E-state index contributed by atoms with van der Waals surface area (Å²) in [7, 11) is -3.85. The third-order valence-electron chi connectivity index (χ3n) is 5.85. The van der Waals surface area contributed by atoms with E-state index in [4.69, 9.17) is 0 Å². The molecule has 1 N–H and O–H groups in total. The molecule has 0 unspecified atom stereocenters. The van der Waals surface area contributed by atoms with E-state index in [9.17, 15) is 18.0 Å². The number of carbonyl (C=O) groups excluding carboxylic acids is 2. The van der Waals surface area contributed by atoms with Crippen molar-refractivity contribution < 1.29 is 18.0 Å². The summed E-state index contributed by atoms with van der Waals surface area (Å²) in [5.41, 5.74) is 0.489. The molecule has 1 aromatic carbocycles. The predicted octanol–water partition coefficient (Wildman–Crippen LogP) is 0.923. The second kappa shape index (κ2) is 6.35. The minimum absolute atomic E-state index is 0.0499. The van der Waals surface area contributed by atoms with Crippen LogP contribution in [0, 0.1) is 11.8 Å². The summed E-state index contributed by atoms with van der Waals surface area (Å²) in [5, 5.41) is 3.41. The van der Waals surface area contributed by atoms with Crippen molar-refractivity contribution in [2.75, 3.05) is 32.7 Å². The van der Waals surface area contributed by atoms with Crippen LogP contribution in [-0.4, -0.2) is 62.2 Å². The molecule has 0 radical (unpaired) electrons. The van der Waals surface area contributed by atoms with Crippen LogP contribution in [0.1, 0.15) is 40.5 Å². The quantitative estimate of drug-likeness (QED) is 0.828. The normalized spacial score (nSPS) is 27.2. The lowest BCUT2D eigenvalue weighted by Crippen LogP contribution is -2.32. The first-order chi connectivity index (χ1) is 12.4. The van der Waals surface area contributed by atoms with Gasteiger partial charge in [-0.2, -0.15) is 0 Å². The van der Waals surface area contributed by atoms with E-state index in [-0.39, 0.29) is 22.9 Å². The minimum atomic E-state index is -3.85. The van der Waals surface area contributed by atoms with E-state index in [1.807, 2.05) is 4.90 Å². The molecule has 0 saturated carbocycles. The van der Waals surface area contributed by atoms with Gasteiger partial charge in [-0.1, -0.05) is 0 Å². The van der Waals surface area contributed by atoms with Gasteiger partial charge in [-0.15, -0.1) is 0 Å². The van der Waals surface area contributed by atoms with Crippen molar-refractivity contribution in [1.82, 2.24) is 14.5 Å². The number of fused-ring (bicyclic) bond motifs is 2. The van der Waals surface area contributed by atoms with Crippen molar-refractivity contribution in [3.05, 3.63) is 29.3 Å². The summed E-state index contributed by atoms with van der Waals surface area (Å²) < 4.78 is 25.9. The molecule has 3 heterocycles. The first-order valence-electron chi connectivity index (χ1n) is 9.14. The summed E-state index contributed by atoms with van der Waals surface area (Å²) in [6.07, 6.45) is 1.93. The maximum atomic E-state index is 12.9. The molecule has 26 heavy (non-hydrogen) atoms. The first-order valence-corrected chi connectivity index (χ1v) is 10.6. The summed E-state index contributed by atoms with van der Waals surface area (Å²) >= 11 is 0. The Hall–Kier alpha value is -1.93. The Morgan fingerprint density at radius 2 is 1.85 bits per heavy atom. The lowest BCUT2D eigenvalue weighted by atomic mass is 9.92. The summed E-state index contributed by atoms with van der Waals surface area (Å²) in [6, 6.07) is 4.41. The molecule has 4 rings (SSSR count). The predicted molar refractivity (Wildman–Crippen MR) is 95.3 cm³/mol. The van der Waals surface area contributed by atoms with Crippen LogP contribution in [0.3, 0.4) is 0 Å². The standard InChI is InChI=1S/C18H23N3O4S/c1-2-21-18(23)15-4-3-12(9-16(15)26(21,24)25)17(22)20-7-5-13-10-19-11-14(13)6-8-20/h3-4,9,13-14,19H,2,5-8,10-11H2,1H3/t13-,14+. The zero-order valence-corrected chi connectivity index (χ0v) is 15.6. The molecule has 1 aromatic rings.